The van der Waals surface area contributed by atoms with Crippen LogP contribution in [0.3, 0.4) is 0 Å². The van der Waals surface area contributed by atoms with Gasteiger partial charge >= 0.3 is 21.1 Å². The van der Waals surface area contributed by atoms with E-state index in [4.69, 9.17) is 14.7 Å². The fourth-order valence-electron chi connectivity index (χ4n) is 7.28. The van der Waals surface area contributed by atoms with Crippen LogP contribution in [0.5, 0.6) is 11.6 Å². The molecule has 0 unspecified atom stereocenters. The predicted molar refractivity (Wildman–Crippen MR) is 183 cm³/mol. The summed E-state index contributed by atoms with van der Waals surface area (Å²) in [7, 11) is 0. The zero-order valence-corrected chi connectivity index (χ0v) is 30.3. The third-order valence-corrected chi connectivity index (χ3v) is 10.5. The van der Waals surface area contributed by atoms with E-state index in [0.717, 1.165) is 22.1 Å². The molecule has 5 heterocycles. The van der Waals surface area contributed by atoms with Crippen molar-refractivity contribution in [1.29, 1.82) is 0 Å². The van der Waals surface area contributed by atoms with Crippen LogP contribution in [0.1, 0.15) is 89.6 Å². The molecule has 4 aromatic heterocycles. The Morgan fingerprint density at radius 3 is 2.26 bits per heavy atom. The fraction of sp³-hybridized carbons (Fsp3) is 0.308. The largest absolute Gasteiger partial charge is 2.00 e. The summed E-state index contributed by atoms with van der Waals surface area (Å²) in [6, 6.07) is 20.8. The zero-order chi connectivity index (χ0) is 32.1. The molecule has 1 aliphatic heterocycles. The molecule has 0 N–H and O–H groups in total. The number of rotatable bonds is 6. The second-order valence-corrected chi connectivity index (χ2v) is 14.2. The van der Waals surface area contributed by atoms with Crippen LogP contribution in [0.4, 0.5) is 0 Å². The third-order valence-electron chi connectivity index (χ3n) is 10.5. The molecule has 0 atom stereocenters. The Balaban J connectivity index is 0.00000351. The summed E-state index contributed by atoms with van der Waals surface area (Å²) in [4.78, 5) is 19.1. The van der Waals surface area contributed by atoms with E-state index >= 15 is 0 Å². The van der Waals surface area contributed by atoms with Crippen molar-refractivity contribution < 1.29 is 25.8 Å². The molecule has 7 nitrogen and oxygen atoms in total. The van der Waals surface area contributed by atoms with Gasteiger partial charge in [0.05, 0.1) is 11.3 Å². The van der Waals surface area contributed by atoms with Crippen LogP contribution in [0, 0.1) is 6.07 Å². The first kappa shape index (κ1) is 31.4. The summed E-state index contributed by atoms with van der Waals surface area (Å²) in [5, 5.41) is 3.21. The molecule has 0 amide bonds. The maximum absolute atomic E-state index is 6.31. The van der Waals surface area contributed by atoms with E-state index in [9.17, 15) is 0 Å². The fourth-order valence-corrected chi connectivity index (χ4v) is 7.28. The van der Waals surface area contributed by atoms with Crippen molar-refractivity contribution in [1.82, 2.24) is 28.9 Å². The summed E-state index contributed by atoms with van der Waals surface area (Å²) in [6.07, 6.45) is 7.49. The van der Waals surface area contributed by atoms with Gasteiger partial charge in [0.1, 0.15) is 11.7 Å². The minimum atomic E-state index is -0.117. The molecule has 47 heavy (non-hydrogen) atoms. The van der Waals surface area contributed by atoms with Crippen molar-refractivity contribution in [3.05, 3.63) is 102 Å². The topological polar surface area (TPSA) is 71.3 Å². The first-order valence-corrected chi connectivity index (χ1v) is 16.1. The zero-order valence-electron chi connectivity index (χ0n) is 28.0. The number of benzene rings is 3. The van der Waals surface area contributed by atoms with Crippen LogP contribution in [-0.4, -0.2) is 23.9 Å². The van der Waals surface area contributed by atoms with Gasteiger partial charge in [-0.15, -0.1) is 6.07 Å². The minimum Gasteiger partial charge on any atom is -0.481 e. The third kappa shape index (κ3) is 4.46. The van der Waals surface area contributed by atoms with E-state index in [2.05, 4.69) is 123 Å². The Morgan fingerprint density at radius 1 is 0.809 bits per heavy atom. The van der Waals surface area contributed by atoms with Crippen LogP contribution in [0.15, 0.2) is 73.3 Å². The number of imidazole rings is 3. The number of para-hydroxylation sites is 2. The van der Waals surface area contributed by atoms with Crippen molar-refractivity contribution >= 4 is 27.3 Å². The van der Waals surface area contributed by atoms with Crippen molar-refractivity contribution in [2.75, 3.05) is 0 Å². The molecule has 0 fully saturated rings. The molecule has 7 aromatic rings. The summed E-state index contributed by atoms with van der Waals surface area (Å²) >= 11 is 0. The van der Waals surface area contributed by atoms with E-state index in [1.165, 1.54) is 33.3 Å². The molecule has 0 saturated carbocycles. The van der Waals surface area contributed by atoms with Crippen LogP contribution in [0.25, 0.3) is 44.7 Å². The number of hydrogen-bond donors (Lipinski definition) is 0. The summed E-state index contributed by atoms with van der Waals surface area (Å²) in [5.41, 5.74) is 8.15. The predicted octanol–water partition coefficient (Wildman–Crippen LogP) is 9.25. The number of fused-ring (bicyclic) bond motifs is 3. The molecule has 3 aromatic carbocycles. The number of ether oxygens (including phenoxy) is 1. The maximum Gasteiger partial charge on any atom is 2.00 e. The van der Waals surface area contributed by atoms with Gasteiger partial charge in [-0.05, 0) is 45.9 Å². The van der Waals surface area contributed by atoms with Crippen molar-refractivity contribution in [3.8, 4) is 29.0 Å². The molecule has 8 rings (SSSR count). The van der Waals surface area contributed by atoms with Gasteiger partial charge in [0.15, 0.2) is 0 Å². The Kier molecular flexibility index (Phi) is 7.29. The monoisotopic (exact) mass is 801 g/mol. The van der Waals surface area contributed by atoms with E-state index in [-0.39, 0.29) is 31.9 Å². The smallest absolute Gasteiger partial charge is 0.481 e. The van der Waals surface area contributed by atoms with Gasteiger partial charge in [-0.2, -0.15) is 0 Å². The summed E-state index contributed by atoms with van der Waals surface area (Å²) in [5.74, 6) is 2.85. The van der Waals surface area contributed by atoms with Gasteiger partial charge in [-0.25, -0.2) is 4.98 Å². The Hall–Kier alpha value is -4.22. The van der Waals surface area contributed by atoms with Gasteiger partial charge in [-0.1, -0.05) is 115 Å². The molecule has 8 heteroatoms. The van der Waals surface area contributed by atoms with E-state index in [1.807, 2.05) is 24.7 Å². The SMILES string of the molecule is CC(C)c1cccc(C(C)C)c1-n1ccnc1-c1ncc(Oc2[c-]c3c(cc2)c2cccc4c2n2c(cnc32)C(C)(C)C4(C)C)[n-]1.[Pt+2]. The van der Waals surface area contributed by atoms with Crippen molar-refractivity contribution in [2.45, 2.75) is 78.1 Å². The second kappa shape index (κ2) is 10.9. The van der Waals surface area contributed by atoms with Gasteiger partial charge < -0.3 is 19.1 Å². The normalized spacial score (nSPS) is 14.9. The Labute approximate surface area is 289 Å². The van der Waals surface area contributed by atoms with Crippen molar-refractivity contribution in [3.63, 3.8) is 0 Å². The molecule has 0 saturated heterocycles. The first-order valence-electron chi connectivity index (χ1n) is 16.1. The van der Waals surface area contributed by atoms with Gasteiger partial charge in [0, 0.05) is 46.4 Å². The van der Waals surface area contributed by atoms with Gasteiger partial charge in [-0.3, -0.25) is 9.55 Å². The van der Waals surface area contributed by atoms with Crippen LogP contribution < -0.4 is 9.72 Å². The number of hydrogen-bond acceptors (Lipinski definition) is 4. The minimum absolute atomic E-state index is 0. The maximum atomic E-state index is 6.31. The number of nitrogens with zero attached hydrogens (tertiary/aromatic N) is 6. The molecule has 0 bridgehead atoms. The quantitative estimate of drug-likeness (QED) is 0.124. The van der Waals surface area contributed by atoms with E-state index < -0.39 is 0 Å². The Morgan fingerprint density at radius 2 is 1.53 bits per heavy atom. The van der Waals surface area contributed by atoms with Crippen LogP contribution in [-0.2, 0) is 31.9 Å². The van der Waals surface area contributed by atoms with Crippen LogP contribution >= 0.6 is 0 Å². The standard InChI is InChI=1S/C39H38N6O.Pt/c1-22(2)25-11-9-12-26(23(3)4)33(25)44-18-17-40-37(44)35-41-21-32(43-35)46-24-15-16-27-28-13-10-14-30-34(28)45-31(39(7,8)38(30,5)6)20-42-36(45)29(27)19-24;/h9-18,20-23H,1-8H3;/q-2;+2. The molecular weight excluding hydrogens is 764 g/mol. The van der Waals surface area contributed by atoms with Crippen LogP contribution in [0.2, 0.25) is 0 Å². The average molecular weight is 802 g/mol. The van der Waals surface area contributed by atoms with Gasteiger partial charge in [0.2, 0.25) is 0 Å². The number of pyridine rings is 1. The van der Waals surface area contributed by atoms with Crippen molar-refractivity contribution in [2.24, 2.45) is 0 Å². The molecular formula is C39H38N6OPt. The first-order chi connectivity index (χ1) is 22.0. The number of aromatic nitrogens is 6. The molecule has 0 aliphatic carbocycles. The van der Waals surface area contributed by atoms with Gasteiger partial charge in [0.25, 0.3) is 0 Å². The Bertz CT molecular complexity index is 2290. The molecule has 0 spiro atoms. The summed E-state index contributed by atoms with van der Waals surface area (Å²) in [6.45, 7) is 18.2. The average Bonchev–Trinajstić information content (AvgIpc) is 3.80. The summed E-state index contributed by atoms with van der Waals surface area (Å²) < 4.78 is 10.8. The van der Waals surface area contributed by atoms with E-state index in [1.54, 1.807) is 6.20 Å². The molecule has 1 aliphatic rings. The second-order valence-electron chi connectivity index (χ2n) is 14.2. The molecule has 240 valence electrons. The molecule has 0 radical (unpaired) electrons. The van der Waals surface area contributed by atoms with E-state index in [0.29, 0.717) is 35.1 Å².